The highest BCUT2D eigenvalue weighted by molar-refractivity contribution is 5.78. The van der Waals surface area contributed by atoms with Gasteiger partial charge in [0.2, 0.25) is 0 Å². The minimum atomic E-state index is -1.87. The zero-order chi connectivity index (χ0) is 21.0. The molecule has 10 heteroatoms. The number of fused-ring (bicyclic) bond motifs is 1. The highest BCUT2D eigenvalue weighted by Gasteiger charge is 2.64. The molecular weight excluding hydrogens is 376 g/mol. The Morgan fingerprint density at radius 2 is 1.96 bits per heavy atom. The molecular formula is C18H28O10. The van der Waals surface area contributed by atoms with Crippen LogP contribution in [0.2, 0.25) is 0 Å². The molecule has 3 aliphatic rings. The second kappa shape index (κ2) is 7.19. The molecule has 3 fully saturated rings. The van der Waals surface area contributed by atoms with E-state index in [2.05, 4.69) is 0 Å². The second-order valence-electron chi connectivity index (χ2n) is 8.60. The van der Waals surface area contributed by atoms with E-state index in [9.17, 15) is 40.2 Å². The van der Waals surface area contributed by atoms with Gasteiger partial charge in [0.1, 0.15) is 17.8 Å². The predicted octanol–water partition coefficient (Wildman–Crippen LogP) is -2.70. The van der Waals surface area contributed by atoms with Gasteiger partial charge in [-0.1, -0.05) is 0 Å². The summed E-state index contributed by atoms with van der Waals surface area (Å²) in [6.45, 7) is 1.92. The first-order valence-electron chi connectivity index (χ1n) is 9.40. The van der Waals surface area contributed by atoms with Gasteiger partial charge in [0.25, 0.3) is 0 Å². The Labute approximate surface area is 161 Å². The summed E-state index contributed by atoms with van der Waals surface area (Å²) < 4.78 is 10.4. The molecule has 10 atom stereocenters. The van der Waals surface area contributed by atoms with Gasteiger partial charge in [-0.25, -0.2) is 0 Å². The first kappa shape index (κ1) is 21.4. The zero-order valence-electron chi connectivity index (χ0n) is 15.8. The smallest absolute Gasteiger partial charge is 0.312 e. The van der Waals surface area contributed by atoms with Crippen LogP contribution in [0.25, 0.3) is 0 Å². The number of aliphatic hydroxyl groups is 6. The fourth-order valence-corrected chi connectivity index (χ4v) is 5.20. The number of carbonyl (C=O) groups is 2. The lowest BCUT2D eigenvalue weighted by molar-refractivity contribution is -0.177. The minimum absolute atomic E-state index is 0.0581. The van der Waals surface area contributed by atoms with Crippen molar-refractivity contribution in [3.05, 3.63) is 0 Å². The number of esters is 2. The summed E-state index contributed by atoms with van der Waals surface area (Å²) in [6.07, 6.45) is -5.43. The Kier molecular flexibility index (Phi) is 5.50. The molecule has 10 nitrogen and oxygen atoms in total. The Bertz CT molecular complexity index is 632. The number of hydrogen-bond acceptors (Lipinski definition) is 10. The van der Waals surface area contributed by atoms with Crippen molar-refractivity contribution in [2.75, 3.05) is 13.2 Å². The van der Waals surface area contributed by atoms with Crippen LogP contribution in [0.4, 0.5) is 0 Å². The Hall–Kier alpha value is -1.30. The van der Waals surface area contributed by atoms with Crippen LogP contribution in [0, 0.1) is 23.7 Å². The molecule has 0 amide bonds. The third kappa shape index (κ3) is 3.21. The van der Waals surface area contributed by atoms with Crippen molar-refractivity contribution in [3.8, 4) is 0 Å². The van der Waals surface area contributed by atoms with E-state index in [-0.39, 0.29) is 19.4 Å². The van der Waals surface area contributed by atoms with Crippen LogP contribution < -0.4 is 0 Å². The average Bonchev–Trinajstić information content (AvgIpc) is 2.96. The SMILES string of the molecule is C[C@]1(O)[C@H](O)[C@@H](OC(=O)[C@H]2[C@@H](C(O)CO)[C@H](O)C[C@]2(C)O)[C@@H]2CCOC(=O)[C@@H]21. The van der Waals surface area contributed by atoms with Gasteiger partial charge in [-0.05, 0) is 20.3 Å². The fourth-order valence-electron chi connectivity index (χ4n) is 5.20. The molecule has 0 aromatic carbocycles. The van der Waals surface area contributed by atoms with E-state index in [1.165, 1.54) is 13.8 Å². The molecule has 6 N–H and O–H groups in total. The number of ether oxygens (including phenoxy) is 2. The number of rotatable bonds is 4. The van der Waals surface area contributed by atoms with Crippen LogP contribution in [0.15, 0.2) is 0 Å². The van der Waals surface area contributed by atoms with Crippen LogP contribution in [0.1, 0.15) is 26.7 Å². The van der Waals surface area contributed by atoms with Crippen LogP contribution in [-0.2, 0) is 19.1 Å². The number of carbonyl (C=O) groups excluding carboxylic acids is 2. The van der Waals surface area contributed by atoms with Gasteiger partial charge in [-0.2, -0.15) is 0 Å². The Morgan fingerprint density at radius 3 is 2.57 bits per heavy atom. The highest BCUT2D eigenvalue weighted by Crippen LogP contribution is 2.48. The maximum absolute atomic E-state index is 12.9. The third-order valence-electron chi connectivity index (χ3n) is 6.60. The molecule has 160 valence electrons. The van der Waals surface area contributed by atoms with Gasteiger partial charge in [-0.15, -0.1) is 0 Å². The molecule has 0 bridgehead atoms. The molecule has 1 unspecified atom stereocenters. The van der Waals surface area contributed by atoms with Crippen molar-refractivity contribution in [1.82, 2.24) is 0 Å². The van der Waals surface area contributed by atoms with Crippen molar-refractivity contribution < 1.29 is 49.7 Å². The summed E-state index contributed by atoms with van der Waals surface area (Å²) in [4.78, 5) is 25.0. The van der Waals surface area contributed by atoms with E-state index < -0.39 is 77.8 Å². The molecule has 1 heterocycles. The number of cyclic esters (lactones) is 1. The first-order chi connectivity index (χ1) is 12.9. The molecule has 1 aliphatic heterocycles. The van der Waals surface area contributed by atoms with E-state index in [1.54, 1.807) is 0 Å². The quantitative estimate of drug-likeness (QED) is 0.271. The van der Waals surface area contributed by atoms with Crippen molar-refractivity contribution in [2.24, 2.45) is 23.7 Å². The fraction of sp³-hybridized carbons (Fsp3) is 0.889. The van der Waals surface area contributed by atoms with E-state index >= 15 is 0 Å². The summed E-state index contributed by atoms with van der Waals surface area (Å²) in [5.74, 6) is -5.94. The molecule has 2 aliphatic carbocycles. The maximum Gasteiger partial charge on any atom is 0.312 e. The largest absolute Gasteiger partial charge is 0.465 e. The molecule has 2 saturated carbocycles. The monoisotopic (exact) mass is 404 g/mol. The van der Waals surface area contributed by atoms with Crippen LogP contribution in [-0.4, -0.2) is 91.4 Å². The zero-order valence-corrected chi connectivity index (χ0v) is 15.8. The molecule has 3 rings (SSSR count). The molecule has 28 heavy (non-hydrogen) atoms. The summed E-state index contributed by atoms with van der Waals surface area (Å²) in [6, 6.07) is 0. The molecule has 0 aromatic heterocycles. The van der Waals surface area contributed by atoms with Gasteiger partial charge >= 0.3 is 11.9 Å². The second-order valence-corrected chi connectivity index (χ2v) is 8.60. The molecule has 1 saturated heterocycles. The molecule has 0 spiro atoms. The van der Waals surface area contributed by atoms with Gasteiger partial charge in [0.15, 0.2) is 0 Å². The molecule has 0 aromatic rings. The Balaban J connectivity index is 1.86. The highest BCUT2D eigenvalue weighted by atomic mass is 16.6. The first-order valence-corrected chi connectivity index (χ1v) is 9.40. The molecule has 0 radical (unpaired) electrons. The minimum Gasteiger partial charge on any atom is -0.465 e. The van der Waals surface area contributed by atoms with Crippen molar-refractivity contribution in [2.45, 2.75) is 62.3 Å². The van der Waals surface area contributed by atoms with E-state index in [0.29, 0.717) is 0 Å². The van der Waals surface area contributed by atoms with Gasteiger partial charge in [0, 0.05) is 18.3 Å². The predicted molar refractivity (Wildman–Crippen MR) is 90.4 cm³/mol. The van der Waals surface area contributed by atoms with Gasteiger partial charge < -0.3 is 40.1 Å². The van der Waals surface area contributed by atoms with E-state index in [1.807, 2.05) is 0 Å². The van der Waals surface area contributed by atoms with Crippen LogP contribution in [0.3, 0.4) is 0 Å². The average molecular weight is 404 g/mol. The summed E-state index contributed by atoms with van der Waals surface area (Å²) in [5, 5.41) is 61.1. The maximum atomic E-state index is 12.9. The lowest BCUT2D eigenvalue weighted by Gasteiger charge is -2.33. The summed E-state index contributed by atoms with van der Waals surface area (Å²) in [7, 11) is 0. The van der Waals surface area contributed by atoms with Gasteiger partial charge in [-0.3, -0.25) is 9.59 Å². The topological polar surface area (TPSA) is 174 Å². The van der Waals surface area contributed by atoms with Crippen molar-refractivity contribution >= 4 is 11.9 Å². The standard InChI is InChI=1S/C18H28O10/c1-17(25)5-8(20)10(9(21)6-19)12(17)16(24)28-13-7-3-4-27-15(23)11(7)18(2,26)14(13)22/h7-14,19-22,25-26H,3-6H2,1-2H3/t7-,8-,9?,10-,11-,12-,13+,14-,17+,18-/m1/s1. The van der Waals surface area contributed by atoms with Crippen molar-refractivity contribution in [3.63, 3.8) is 0 Å². The normalized spacial score (nSPS) is 49.4. The van der Waals surface area contributed by atoms with E-state index in [4.69, 9.17) is 9.47 Å². The number of hydrogen-bond donors (Lipinski definition) is 6. The summed E-state index contributed by atoms with van der Waals surface area (Å²) in [5.41, 5.74) is -3.58. The number of aliphatic hydroxyl groups excluding tert-OH is 4. The third-order valence-corrected chi connectivity index (χ3v) is 6.60. The summed E-state index contributed by atoms with van der Waals surface area (Å²) >= 11 is 0. The van der Waals surface area contributed by atoms with Crippen molar-refractivity contribution in [1.29, 1.82) is 0 Å². The lowest BCUT2D eigenvalue weighted by atomic mass is 9.83. The Morgan fingerprint density at radius 1 is 1.32 bits per heavy atom. The lowest BCUT2D eigenvalue weighted by Crippen LogP contribution is -2.48. The van der Waals surface area contributed by atoms with Crippen LogP contribution in [0.5, 0.6) is 0 Å². The van der Waals surface area contributed by atoms with Crippen LogP contribution >= 0.6 is 0 Å². The van der Waals surface area contributed by atoms with Gasteiger partial charge in [0.05, 0.1) is 42.9 Å². The van der Waals surface area contributed by atoms with E-state index in [0.717, 1.165) is 0 Å².